The van der Waals surface area contributed by atoms with Gasteiger partial charge in [-0.1, -0.05) is 18.0 Å². The predicted molar refractivity (Wildman–Crippen MR) is 73.4 cm³/mol. The van der Waals surface area contributed by atoms with Crippen molar-refractivity contribution in [1.29, 1.82) is 0 Å². The molecule has 6 nitrogen and oxygen atoms in total. The van der Waals surface area contributed by atoms with Crippen molar-refractivity contribution in [1.82, 2.24) is 4.98 Å². The molecule has 1 aromatic heterocycles. The van der Waals surface area contributed by atoms with E-state index in [2.05, 4.69) is 15.0 Å². The van der Waals surface area contributed by atoms with Crippen molar-refractivity contribution in [2.24, 2.45) is 10.9 Å². The number of hydrogen-bond donors (Lipinski definition) is 3. The molecule has 1 aromatic rings. The minimum Gasteiger partial charge on any atom is -0.409 e. The lowest BCUT2D eigenvalue weighted by Gasteiger charge is -2.31. The molecule has 2 rings (SSSR count). The van der Waals surface area contributed by atoms with Gasteiger partial charge in [0.1, 0.15) is 5.82 Å². The minimum absolute atomic E-state index is 0.0441. The Morgan fingerprint density at radius 3 is 3.05 bits per heavy atom. The van der Waals surface area contributed by atoms with Crippen molar-refractivity contribution in [3.05, 3.63) is 23.9 Å². The van der Waals surface area contributed by atoms with Crippen LogP contribution in [0.15, 0.2) is 23.5 Å². The lowest BCUT2D eigenvalue weighted by atomic mass is 10.1. The van der Waals surface area contributed by atoms with Gasteiger partial charge in [-0.3, -0.25) is 0 Å². The third-order valence-electron chi connectivity index (χ3n) is 3.53. The average Bonchev–Trinajstić information content (AvgIpc) is 2.71. The van der Waals surface area contributed by atoms with Crippen molar-refractivity contribution >= 4 is 11.7 Å². The van der Waals surface area contributed by atoms with Gasteiger partial charge in [-0.05, 0) is 25.0 Å². The summed E-state index contributed by atoms with van der Waals surface area (Å²) in [5.74, 6) is 0.725. The monoisotopic (exact) mass is 264 g/mol. The molecular formula is C13H20N4O2. The summed E-state index contributed by atoms with van der Waals surface area (Å²) in [6.07, 6.45) is 5.93. The van der Waals surface area contributed by atoms with Gasteiger partial charge in [-0.25, -0.2) is 4.98 Å². The van der Waals surface area contributed by atoms with Crippen LogP contribution in [-0.2, 0) is 0 Å². The summed E-state index contributed by atoms with van der Waals surface area (Å²) < 4.78 is 0. The lowest BCUT2D eigenvalue weighted by molar-refractivity contribution is 0.254. The smallest absolute Gasteiger partial charge is 0.173 e. The molecule has 1 fully saturated rings. The number of nitrogens with zero attached hydrogens (tertiary/aromatic N) is 3. The Morgan fingerprint density at radius 2 is 2.32 bits per heavy atom. The maximum Gasteiger partial charge on any atom is 0.173 e. The van der Waals surface area contributed by atoms with Crippen molar-refractivity contribution in [3.63, 3.8) is 0 Å². The molecule has 4 N–H and O–H groups in total. The third kappa shape index (κ3) is 2.96. The molecule has 1 unspecified atom stereocenters. The van der Waals surface area contributed by atoms with Crippen LogP contribution >= 0.6 is 0 Å². The van der Waals surface area contributed by atoms with Crippen LogP contribution in [0.25, 0.3) is 0 Å². The van der Waals surface area contributed by atoms with Crippen molar-refractivity contribution < 1.29 is 10.3 Å². The number of rotatable bonds is 3. The van der Waals surface area contributed by atoms with E-state index in [4.69, 9.17) is 10.9 Å². The summed E-state index contributed by atoms with van der Waals surface area (Å²) >= 11 is 0. The largest absolute Gasteiger partial charge is 0.409 e. The number of amidine groups is 1. The van der Waals surface area contributed by atoms with Gasteiger partial charge < -0.3 is 20.9 Å². The highest BCUT2D eigenvalue weighted by molar-refractivity contribution is 6.01. The first kappa shape index (κ1) is 13.6. The first-order valence-electron chi connectivity index (χ1n) is 6.58. The fourth-order valence-corrected chi connectivity index (χ4v) is 2.53. The predicted octanol–water partition coefficient (Wildman–Crippen LogP) is 0.917. The van der Waals surface area contributed by atoms with Crippen molar-refractivity contribution in [2.75, 3.05) is 18.1 Å². The van der Waals surface area contributed by atoms with Crippen LogP contribution in [0.5, 0.6) is 0 Å². The second-order valence-corrected chi connectivity index (χ2v) is 4.74. The second kappa shape index (κ2) is 6.38. The number of nitrogens with two attached hydrogens (primary N) is 1. The normalized spacial score (nSPS) is 21.2. The number of hydrogen-bond acceptors (Lipinski definition) is 5. The van der Waals surface area contributed by atoms with Crippen LogP contribution in [0.4, 0.5) is 5.82 Å². The van der Waals surface area contributed by atoms with Crippen LogP contribution in [-0.4, -0.2) is 40.3 Å². The molecule has 6 heteroatoms. The van der Waals surface area contributed by atoms with E-state index in [-0.39, 0.29) is 18.5 Å². The Bertz CT molecular complexity index is 450. The van der Waals surface area contributed by atoms with Gasteiger partial charge in [0.2, 0.25) is 0 Å². The van der Waals surface area contributed by atoms with Gasteiger partial charge in [0.05, 0.1) is 18.2 Å². The molecule has 1 atom stereocenters. The SMILES string of the molecule is N/C(=N/O)c1cccnc1N1CCCCCC1CO. The summed E-state index contributed by atoms with van der Waals surface area (Å²) in [4.78, 5) is 6.42. The quantitative estimate of drug-likeness (QED) is 0.326. The summed E-state index contributed by atoms with van der Waals surface area (Å²) in [6.45, 7) is 0.917. The topological polar surface area (TPSA) is 95.0 Å². The number of aliphatic hydroxyl groups is 1. The standard InChI is InChI=1S/C13H20N4O2/c14-12(16-19)11-6-4-7-15-13(11)17-8-3-1-2-5-10(17)9-18/h4,6-7,10,18-19H,1-3,5,8-9H2,(H2,14,16). The van der Waals surface area contributed by atoms with Gasteiger partial charge in [-0.15, -0.1) is 0 Å². The highest BCUT2D eigenvalue weighted by Gasteiger charge is 2.24. The van der Waals surface area contributed by atoms with Crippen LogP contribution < -0.4 is 10.6 Å². The molecular weight excluding hydrogens is 244 g/mol. The Morgan fingerprint density at radius 1 is 1.47 bits per heavy atom. The average molecular weight is 264 g/mol. The molecule has 2 heterocycles. The molecule has 1 saturated heterocycles. The zero-order valence-corrected chi connectivity index (χ0v) is 10.9. The Balaban J connectivity index is 2.38. The number of anilines is 1. The van der Waals surface area contributed by atoms with Gasteiger partial charge in [0.25, 0.3) is 0 Å². The molecule has 0 spiro atoms. The minimum atomic E-state index is 0.0441. The first-order chi connectivity index (χ1) is 9.27. The summed E-state index contributed by atoms with van der Waals surface area (Å²) in [7, 11) is 0. The van der Waals surface area contributed by atoms with Gasteiger partial charge in [0.15, 0.2) is 5.84 Å². The van der Waals surface area contributed by atoms with E-state index in [0.717, 1.165) is 32.2 Å². The van der Waals surface area contributed by atoms with Gasteiger partial charge >= 0.3 is 0 Å². The Hall–Kier alpha value is -1.82. The molecule has 104 valence electrons. The maximum atomic E-state index is 9.55. The van der Waals surface area contributed by atoms with E-state index in [1.807, 2.05) is 0 Å². The molecule has 0 aliphatic carbocycles. The molecule has 0 saturated carbocycles. The number of oxime groups is 1. The molecule has 0 aromatic carbocycles. The maximum absolute atomic E-state index is 9.55. The van der Waals surface area contributed by atoms with E-state index in [1.54, 1.807) is 18.3 Å². The number of pyridine rings is 1. The van der Waals surface area contributed by atoms with Crippen LogP contribution in [0, 0.1) is 0 Å². The van der Waals surface area contributed by atoms with Gasteiger partial charge in [0, 0.05) is 12.7 Å². The van der Waals surface area contributed by atoms with E-state index >= 15 is 0 Å². The highest BCUT2D eigenvalue weighted by atomic mass is 16.4. The first-order valence-corrected chi connectivity index (χ1v) is 6.58. The van der Waals surface area contributed by atoms with E-state index < -0.39 is 0 Å². The highest BCUT2D eigenvalue weighted by Crippen LogP contribution is 2.25. The lowest BCUT2D eigenvalue weighted by Crippen LogP contribution is -2.39. The van der Waals surface area contributed by atoms with E-state index in [1.165, 1.54) is 0 Å². The second-order valence-electron chi connectivity index (χ2n) is 4.74. The van der Waals surface area contributed by atoms with Crippen LogP contribution in [0.2, 0.25) is 0 Å². The molecule has 1 aliphatic rings. The van der Waals surface area contributed by atoms with E-state index in [0.29, 0.717) is 11.4 Å². The summed E-state index contributed by atoms with van der Waals surface area (Å²) in [5.41, 5.74) is 6.30. The fourth-order valence-electron chi connectivity index (χ4n) is 2.53. The Kier molecular flexibility index (Phi) is 4.57. The number of aromatic nitrogens is 1. The molecule has 0 bridgehead atoms. The van der Waals surface area contributed by atoms with Gasteiger partial charge in [-0.2, -0.15) is 0 Å². The summed E-state index contributed by atoms with van der Waals surface area (Å²) in [5, 5.41) is 21.5. The van der Waals surface area contributed by atoms with Crippen molar-refractivity contribution in [3.8, 4) is 0 Å². The number of aliphatic hydroxyl groups excluding tert-OH is 1. The zero-order chi connectivity index (χ0) is 13.7. The molecule has 1 aliphatic heterocycles. The fraction of sp³-hybridized carbons (Fsp3) is 0.538. The zero-order valence-electron chi connectivity index (χ0n) is 10.9. The van der Waals surface area contributed by atoms with Crippen LogP contribution in [0.1, 0.15) is 31.2 Å². The third-order valence-corrected chi connectivity index (χ3v) is 3.53. The molecule has 19 heavy (non-hydrogen) atoms. The molecule has 0 amide bonds. The molecule has 0 radical (unpaired) electrons. The summed E-state index contributed by atoms with van der Waals surface area (Å²) in [6, 6.07) is 3.57. The van der Waals surface area contributed by atoms with Crippen LogP contribution in [0.3, 0.4) is 0 Å². The van der Waals surface area contributed by atoms with Crippen molar-refractivity contribution in [2.45, 2.75) is 31.7 Å². The van der Waals surface area contributed by atoms with E-state index in [9.17, 15) is 5.11 Å². The Labute approximate surface area is 112 Å².